The number of benzene rings is 3. The Kier molecular flexibility index (Phi) is 4.99. The summed E-state index contributed by atoms with van der Waals surface area (Å²) in [6.45, 7) is 1.93. The van der Waals surface area contributed by atoms with Crippen molar-refractivity contribution in [2.24, 2.45) is 0 Å². The normalized spacial score (nSPS) is 20.9. The number of aryl methyl sites for hydroxylation is 1. The summed E-state index contributed by atoms with van der Waals surface area (Å²) < 4.78 is 27.9. The minimum Gasteiger partial charge on any atom is -0.207 e. The Bertz CT molecular complexity index is 1160. The zero-order valence-electron chi connectivity index (χ0n) is 15.2. The van der Waals surface area contributed by atoms with Crippen molar-refractivity contribution in [1.29, 1.82) is 0 Å². The van der Waals surface area contributed by atoms with Crippen molar-refractivity contribution in [2.75, 3.05) is 0 Å². The standard InChI is InChI=1S/C23H18ClNO2S/c1-17-11-14-19(15-12-17)28(26,27)25-22(16-13-18-7-3-2-4-8-18)23(25)20-9-5-6-10-21(20)24/h2-12,14-15,22-23H,1H3/t22-,23+,25?/m0/s1. The van der Waals surface area contributed by atoms with Crippen LogP contribution in [0.1, 0.15) is 22.7 Å². The number of hydrogen-bond donors (Lipinski definition) is 0. The summed E-state index contributed by atoms with van der Waals surface area (Å²) in [6.07, 6.45) is 0. The topological polar surface area (TPSA) is 37.1 Å². The van der Waals surface area contributed by atoms with E-state index >= 15 is 0 Å². The van der Waals surface area contributed by atoms with Crippen molar-refractivity contribution in [2.45, 2.75) is 23.9 Å². The van der Waals surface area contributed by atoms with Crippen LogP contribution in [0.15, 0.2) is 83.8 Å². The number of sulfonamides is 1. The predicted octanol–water partition coefficient (Wildman–Crippen LogP) is 4.81. The van der Waals surface area contributed by atoms with Crippen LogP contribution in [0.3, 0.4) is 0 Å². The van der Waals surface area contributed by atoms with Crippen molar-refractivity contribution in [1.82, 2.24) is 4.31 Å². The van der Waals surface area contributed by atoms with Gasteiger partial charge in [0.1, 0.15) is 6.04 Å². The summed E-state index contributed by atoms with van der Waals surface area (Å²) in [7, 11) is -3.68. The SMILES string of the molecule is Cc1ccc(S(=O)(=O)N2[C@H](c3ccccc3Cl)[C@@H]2C#Cc2ccccc2)cc1. The van der Waals surface area contributed by atoms with Crippen LogP contribution >= 0.6 is 11.6 Å². The second-order valence-electron chi connectivity index (χ2n) is 6.69. The Morgan fingerprint density at radius 3 is 2.21 bits per heavy atom. The van der Waals surface area contributed by atoms with Crippen molar-refractivity contribution in [3.8, 4) is 11.8 Å². The Balaban J connectivity index is 1.74. The van der Waals surface area contributed by atoms with Gasteiger partial charge < -0.3 is 0 Å². The molecule has 0 bridgehead atoms. The maximum absolute atomic E-state index is 13.2. The smallest absolute Gasteiger partial charge is 0.207 e. The fraction of sp³-hybridized carbons (Fsp3) is 0.130. The van der Waals surface area contributed by atoms with Gasteiger partial charge in [0.2, 0.25) is 10.0 Å². The van der Waals surface area contributed by atoms with Crippen LogP contribution in [-0.2, 0) is 10.0 Å². The lowest BCUT2D eigenvalue weighted by Gasteiger charge is -2.07. The third-order valence-corrected chi connectivity index (χ3v) is 6.94. The Morgan fingerprint density at radius 2 is 1.54 bits per heavy atom. The lowest BCUT2D eigenvalue weighted by atomic mass is 10.1. The molecule has 4 rings (SSSR count). The summed E-state index contributed by atoms with van der Waals surface area (Å²) >= 11 is 6.35. The van der Waals surface area contributed by atoms with Gasteiger partial charge >= 0.3 is 0 Å². The van der Waals surface area contributed by atoms with Gasteiger partial charge in [-0.05, 0) is 42.8 Å². The molecule has 3 aromatic carbocycles. The van der Waals surface area contributed by atoms with Gasteiger partial charge in [0.25, 0.3) is 0 Å². The number of halogens is 1. The van der Waals surface area contributed by atoms with Crippen molar-refractivity contribution in [3.63, 3.8) is 0 Å². The Morgan fingerprint density at radius 1 is 0.893 bits per heavy atom. The van der Waals surface area contributed by atoms with Crippen LogP contribution in [0.2, 0.25) is 5.02 Å². The summed E-state index contributed by atoms with van der Waals surface area (Å²) in [4.78, 5) is 0.263. The fourth-order valence-corrected chi connectivity index (χ4v) is 5.10. The minimum atomic E-state index is -3.68. The van der Waals surface area contributed by atoms with Crippen molar-refractivity contribution in [3.05, 3.63) is 101 Å². The van der Waals surface area contributed by atoms with E-state index in [1.54, 1.807) is 30.3 Å². The molecule has 140 valence electrons. The zero-order chi connectivity index (χ0) is 19.7. The third kappa shape index (κ3) is 3.57. The number of hydrogen-bond acceptors (Lipinski definition) is 2. The number of nitrogens with zero attached hydrogens (tertiary/aromatic N) is 1. The average molecular weight is 408 g/mol. The van der Waals surface area contributed by atoms with E-state index < -0.39 is 22.1 Å². The van der Waals surface area contributed by atoms with E-state index in [0.717, 1.165) is 16.7 Å². The highest BCUT2D eigenvalue weighted by atomic mass is 35.5. The molecule has 3 aromatic rings. The molecular weight excluding hydrogens is 390 g/mol. The highest BCUT2D eigenvalue weighted by molar-refractivity contribution is 7.89. The molecule has 0 aliphatic carbocycles. The number of rotatable bonds is 3. The molecule has 1 aliphatic heterocycles. The van der Waals surface area contributed by atoms with Gasteiger partial charge in [-0.2, -0.15) is 4.31 Å². The van der Waals surface area contributed by atoms with E-state index in [9.17, 15) is 8.42 Å². The molecule has 1 fully saturated rings. The molecular formula is C23H18ClNO2S. The van der Waals surface area contributed by atoms with Gasteiger partial charge in [0, 0.05) is 10.6 Å². The first kappa shape index (κ1) is 18.8. The maximum Gasteiger partial charge on any atom is 0.244 e. The second-order valence-corrected chi connectivity index (χ2v) is 8.94. The molecule has 0 N–H and O–H groups in total. The highest BCUT2D eigenvalue weighted by Gasteiger charge is 2.56. The highest BCUT2D eigenvalue weighted by Crippen LogP contribution is 2.49. The largest absolute Gasteiger partial charge is 0.244 e. The first-order valence-corrected chi connectivity index (χ1v) is 10.7. The molecule has 1 saturated heterocycles. The molecule has 0 spiro atoms. The van der Waals surface area contributed by atoms with Crippen LogP contribution in [0.4, 0.5) is 0 Å². The second kappa shape index (κ2) is 7.44. The van der Waals surface area contributed by atoms with E-state index in [2.05, 4.69) is 11.8 Å². The summed E-state index contributed by atoms with van der Waals surface area (Å²) in [6, 6.07) is 22.9. The molecule has 0 saturated carbocycles. The van der Waals surface area contributed by atoms with Crippen molar-refractivity contribution < 1.29 is 8.42 Å². The van der Waals surface area contributed by atoms with Crippen LogP contribution in [0.5, 0.6) is 0 Å². The zero-order valence-corrected chi connectivity index (χ0v) is 16.8. The molecule has 0 amide bonds. The van der Waals surface area contributed by atoms with Crippen LogP contribution < -0.4 is 0 Å². The van der Waals surface area contributed by atoms with E-state index in [1.807, 2.05) is 55.5 Å². The van der Waals surface area contributed by atoms with Crippen molar-refractivity contribution >= 4 is 21.6 Å². The molecule has 1 unspecified atom stereocenters. The fourth-order valence-electron chi connectivity index (χ4n) is 3.19. The summed E-state index contributed by atoms with van der Waals surface area (Å²) in [5, 5.41) is 0.542. The average Bonchev–Trinajstić information content (AvgIpc) is 3.43. The Labute approximate surface area is 170 Å². The lowest BCUT2D eigenvalue weighted by Crippen LogP contribution is -2.14. The van der Waals surface area contributed by atoms with Gasteiger partial charge in [-0.25, -0.2) is 8.42 Å². The van der Waals surface area contributed by atoms with E-state index in [4.69, 9.17) is 11.6 Å². The monoisotopic (exact) mass is 407 g/mol. The molecule has 28 heavy (non-hydrogen) atoms. The quantitative estimate of drug-likeness (QED) is 0.461. The van der Waals surface area contributed by atoms with E-state index in [-0.39, 0.29) is 4.90 Å². The molecule has 1 aliphatic rings. The molecule has 3 nitrogen and oxygen atoms in total. The first-order valence-electron chi connectivity index (χ1n) is 8.90. The van der Waals surface area contributed by atoms with E-state index in [0.29, 0.717) is 5.02 Å². The lowest BCUT2D eigenvalue weighted by molar-refractivity contribution is 0.551. The van der Waals surface area contributed by atoms with Crippen LogP contribution in [0, 0.1) is 18.8 Å². The van der Waals surface area contributed by atoms with Gasteiger partial charge in [0.15, 0.2) is 0 Å². The minimum absolute atomic E-state index is 0.263. The molecule has 5 heteroatoms. The third-order valence-electron chi connectivity index (χ3n) is 4.72. The molecule has 1 heterocycles. The Hall–Kier alpha value is -2.58. The summed E-state index contributed by atoms with van der Waals surface area (Å²) in [5.74, 6) is 6.21. The van der Waals surface area contributed by atoms with Gasteiger partial charge in [-0.3, -0.25) is 0 Å². The van der Waals surface area contributed by atoms with Gasteiger partial charge in [-0.15, -0.1) is 0 Å². The van der Waals surface area contributed by atoms with Gasteiger partial charge in [0.05, 0.1) is 10.9 Å². The van der Waals surface area contributed by atoms with Gasteiger partial charge in [-0.1, -0.05) is 77.5 Å². The summed E-state index contributed by atoms with van der Waals surface area (Å²) in [5.41, 5.74) is 2.63. The molecule has 3 atom stereocenters. The molecule has 0 aromatic heterocycles. The molecule has 0 radical (unpaired) electrons. The first-order chi connectivity index (χ1) is 13.5. The van der Waals surface area contributed by atoms with Crippen LogP contribution in [-0.4, -0.2) is 18.8 Å². The maximum atomic E-state index is 13.2. The van der Waals surface area contributed by atoms with E-state index in [1.165, 1.54) is 4.31 Å². The predicted molar refractivity (Wildman–Crippen MR) is 112 cm³/mol. The van der Waals surface area contributed by atoms with Crippen LogP contribution in [0.25, 0.3) is 0 Å².